The molecule has 1 fully saturated rings. The monoisotopic (exact) mass is 514 g/mol. The van der Waals surface area contributed by atoms with Crippen LogP contribution >= 0.6 is 15.9 Å². The zero-order valence-electron chi connectivity index (χ0n) is 18.8. The molecule has 4 aromatic rings. The van der Waals surface area contributed by atoms with E-state index in [1.165, 1.54) is 9.13 Å². The highest BCUT2D eigenvalue weighted by Gasteiger charge is 2.20. The van der Waals surface area contributed by atoms with E-state index in [1.54, 1.807) is 7.05 Å². The Morgan fingerprint density at radius 3 is 2.52 bits per heavy atom. The fraction of sp³-hybridized carbons (Fsp3) is 0.435. The molecule has 1 aliphatic heterocycles. The minimum Gasteiger partial charge on any atom is -0.379 e. The molecule has 10 heteroatoms. The van der Waals surface area contributed by atoms with Gasteiger partial charge in [0.05, 0.1) is 19.8 Å². The molecule has 0 aliphatic carbocycles. The number of hydrogen-bond donors (Lipinski definition) is 0. The molecule has 0 bridgehead atoms. The van der Waals surface area contributed by atoms with E-state index in [0.717, 1.165) is 61.5 Å². The van der Waals surface area contributed by atoms with Gasteiger partial charge in [0.15, 0.2) is 11.2 Å². The predicted molar refractivity (Wildman–Crippen MR) is 130 cm³/mol. The number of aryl methyl sites for hydroxylation is 3. The lowest BCUT2D eigenvalue weighted by Crippen LogP contribution is -2.39. The molecule has 0 N–H and O–H groups in total. The van der Waals surface area contributed by atoms with Gasteiger partial charge >= 0.3 is 5.69 Å². The van der Waals surface area contributed by atoms with Gasteiger partial charge in [-0.05, 0) is 31.0 Å². The summed E-state index contributed by atoms with van der Waals surface area (Å²) in [6, 6.07) is 7.62. The number of fused-ring (bicyclic) bond motifs is 3. The first-order valence-electron chi connectivity index (χ1n) is 11.2. The highest BCUT2D eigenvalue weighted by atomic mass is 79.9. The van der Waals surface area contributed by atoms with E-state index in [1.807, 2.05) is 41.8 Å². The highest BCUT2D eigenvalue weighted by Crippen LogP contribution is 2.17. The van der Waals surface area contributed by atoms with Crippen molar-refractivity contribution in [3.63, 3.8) is 0 Å². The second-order valence-corrected chi connectivity index (χ2v) is 9.46. The minimum absolute atomic E-state index is 0.210. The van der Waals surface area contributed by atoms with Crippen LogP contribution in [-0.2, 0) is 24.9 Å². The Kier molecular flexibility index (Phi) is 5.98. The number of rotatable bonds is 6. The van der Waals surface area contributed by atoms with Crippen LogP contribution in [-0.4, -0.2) is 60.8 Å². The van der Waals surface area contributed by atoms with Crippen molar-refractivity contribution in [2.45, 2.75) is 26.4 Å². The van der Waals surface area contributed by atoms with E-state index in [0.29, 0.717) is 16.9 Å². The van der Waals surface area contributed by atoms with Crippen LogP contribution in [0.2, 0.25) is 0 Å². The normalized spacial score (nSPS) is 15.1. The first-order chi connectivity index (χ1) is 15.9. The van der Waals surface area contributed by atoms with Gasteiger partial charge in [0, 0.05) is 49.6 Å². The van der Waals surface area contributed by atoms with Gasteiger partial charge in [-0.2, -0.15) is 4.98 Å². The van der Waals surface area contributed by atoms with Gasteiger partial charge in [-0.1, -0.05) is 28.1 Å². The zero-order valence-corrected chi connectivity index (χ0v) is 20.4. The third-order valence-corrected chi connectivity index (χ3v) is 6.88. The maximum atomic E-state index is 13.4. The Balaban J connectivity index is 1.52. The average Bonchev–Trinajstić information content (AvgIpc) is 3.33. The van der Waals surface area contributed by atoms with Crippen LogP contribution in [0.1, 0.15) is 17.7 Å². The lowest BCUT2D eigenvalue weighted by Gasteiger charge is -2.26. The van der Waals surface area contributed by atoms with Crippen LogP contribution in [0.5, 0.6) is 0 Å². The van der Waals surface area contributed by atoms with Gasteiger partial charge in [-0.25, -0.2) is 4.79 Å². The molecule has 3 aromatic heterocycles. The molecule has 174 valence electrons. The predicted octanol–water partition coefficient (Wildman–Crippen LogP) is 1.99. The number of aromatic nitrogens is 5. The van der Waals surface area contributed by atoms with E-state index < -0.39 is 0 Å². The van der Waals surface area contributed by atoms with Crippen LogP contribution in [0.4, 0.5) is 0 Å². The molecule has 1 aromatic carbocycles. The summed E-state index contributed by atoms with van der Waals surface area (Å²) >= 11 is 3.42. The molecular weight excluding hydrogens is 488 g/mol. The summed E-state index contributed by atoms with van der Waals surface area (Å²) in [6.45, 7) is 7.54. The molecule has 0 amide bonds. The lowest BCUT2D eigenvalue weighted by molar-refractivity contribution is 0.0369. The van der Waals surface area contributed by atoms with Crippen LogP contribution < -0.4 is 11.2 Å². The van der Waals surface area contributed by atoms with Crippen molar-refractivity contribution in [3.8, 4) is 0 Å². The van der Waals surface area contributed by atoms with Crippen LogP contribution in [0, 0.1) is 6.92 Å². The van der Waals surface area contributed by atoms with E-state index in [-0.39, 0.29) is 17.8 Å². The van der Waals surface area contributed by atoms with Crippen molar-refractivity contribution in [1.29, 1.82) is 0 Å². The molecule has 0 saturated carbocycles. The SMILES string of the molecule is Cc1cn2c3c(=O)n(Cc4ccc(Br)cc4)c(=O)n(C)c3nc2n1CCCN1CCOCC1. The van der Waals surface area contributed by atoms with Crippen molar-refractivity contribution in [2.24, 2.45) is 7.05 Å². The molecule has 0 radical (unpaired) electrons. The number of benzene rings is 1. The van der Waals surface area contributed by atoms with Gasteiger partial charge in [-0.3, -0.25) is 23.2 Å². The van der Waals surface area contributed by atoms with E-state index >= 15 is 0 Å². The fourth-order valence-corrected chi connectivity index (χ4v) is 4.78. The third-order valence-electron chi connectivity index (χ3n) is 6.35. The number of halogens is 1. The molecule has 4 heterocycles. The second kappa shape index (κ2) is 8.92. The quantitative estimate of drug-likeness (QED) is 0.393. The van der Waals surface area contributed by atoms with Crippen LogP contribution in [0.25, 0.3) is 16.9 Å². The summed E-state index contributed by atoms with van der Waals surface area (Å²) in [5.74, 6) is 0.693. The third kappa shape index (κ3) is 4.07. The number of hydrogen-bond acceptors (Lipinski definition) is 5. The van der Waals surface area contributed by atoms with Gasteiger partial charge < -0.3 is 9.30 Å². The zero-order chi connectivity index (χ0) is 23.1. The summed E-state index contributed by atoms with van der Waals surface area (Å²) in [5.41, 5.74) is 2.07. The summed E-state index contributed by atoms with van der Waals surface area (Å²) in [6.07, 6.45) is 2.91. The first kappa shape index (κ1) is 22.1. The Morgan fingerprint density at radius 1 is 1.06 bits per heavy atom. The Hall–Kier alpha value is -2.69. The molecule has 5 rings (SSSR count). The van der Waals surface area contributed by atoms with E-state index in [9.17, 15) is 9.59 Å². The van der Waals surface area contributed by atoms with Crippen molar-refractivity contribution >= 4 is 32.9 Å². The Bertz CT molecular complexity index is 1420. The molecule has 9 nitrogen and oxygen atoms in total. The van der Waals surface area contributed by atoms with E-state index in [4.69, 9.17) is 9.72 Å². The topological polar surface area (TPSA) is 78.7 Å². The molecule has 1 saturated heterocycles. The number of ether oxygens (including phenoxy) is 1. The highest BCUT2D eigenvalue weighted by molar-refractivity contribution is 9.10. The average molecular weight is 515 g/mol. The Morgan fingerprint density at radius 2 is 1.79 bits per heavy atom. The summed E-state index contributed by atoms with van der Waals surface area (Å²) in [4.78, 5) is 33.6. The first-order valence-corrected chi connectivity index (χ1v) is 12.0. The summed E-state index contributed by atoms with van der Waals surface area (Å²) < 4.78 is 13.1. The maximum Gasteiger partial charge on any atom is 0.332 e. The number of imidazole rings is 2. The second-order valence-electron chi connectivity index (χ2n) is 8.54. The molecule has 0 atom stereocenters. The van der Waals surface area contributed by atoms with Crippen molar-refractivity contribution in [2.75, 3.05) is 32.8 Å². The standard InChI is InChI=1S/C23H27BrN6O3/c1-16-14-29-19-20(25-22(29)28(16)9-3-8-27-10-12-33-13-11-27)26(2)23(32)30(21(19)31)15-17-4-6-18(24)7-5-17/h4-7,14H,3,8-13,15H2,1-2H3. The summed E-state index contributed by atoms with van der Waals surface area (Å²) in [5, 5.41) is 0. The molecule has 0 spiro atoms. The van der Waals surface area contributed by atoms with E-state index in [2.05, 4.69) is 25.4 Å². The smallest absolute Gasteiger partial charge is 0.332 e. The van der Waals surface area contributed by atoms with Gasteiger partial charge in [0.1, 0.15) is 0 Å². The van der Waals surface area contributed by atoms with Gasteiger partial charge in [-0.15, -0.1) is 0 Å². The van der Waals surface area contributed by atoms with Crippen molar-refractivity contribution in [1.82, 2.24) is 28.0 Å². The molecule has 1 aliphatic rings. The number of morpholine rings is 1. The number of nitrogens with zero attached hydrogens (tertiary/aromatic N) is 6. The van der Waals surface area contributed by atoms with Gasteiger partial charge in [0.2, 0.25) is 5.78 Å². The van der Waals surface area contributed by atoms with Crippen LogP contribution in [0.15, 0.2) is 44.5 Å². The van der Waals surface area contributed by atoms with Gasteiger partial charge in [0.25, 0.3) is 5.56 Å². The fourth-order valence-electron chi connectivity index (χ4n) is 4.52. The molecule has 33 heavy (non-hydrogen) atoms. The maximum absolute atomic E-state index is 13.4. The minimum atomic E-state index is -0.369. The molecule has 0 unspecified atom stereocenters. The van der Waals surface area contributed by atoms with Crippen molar-refractivity contribution in [3.05, 3.63) is 67.0 Å². The van der Waals surface area contributed by atoms with Crippen molar-refractivity contribution < 1.29 is 4.74 Å². The van der Waals surface area contributed by atoms with Crippen LogP contribution in [0.3, 0.4) is 0 Å². The largest absolute Gasteiger partial charge is 0.379 e. The lowest BCUT2D eigenvalue weighted by atomic mass is 10.2. The Labute approximate surface area is 198 Å². The molecular formula is C23H27BrN6O3. The summed E-state index contributed by atoms with van der Waals surface area (Å²) in [7, 11) is 1.67.